The first kappa shape index (κ1) is 14.1. The number of para-hydroxylation sites is 2. The van der Waals surface area contributed by atoms with Crippen LogP contribution in [0.4, 0.5) is 11.5 Å². The number of sulfonamides is 1. The van der Waals surface area contributed by atoms with E-state index in [9.17, 15) is 8.42 Å². The van der Waals surface area contributed by atoms with Crippen molar-refractivity contribution in [3.8, 4) is 5.75 Å². The fourth-order valence-electron chi connectivity index (χ4n) is 1.51. The van der Waals surface area contributed by atoms with Gasteiger partial charge in [0.25, 0.3) is 0 Å². The minimum absolute atomic E-state index is 0.0103. The molecule has 3 N–H and O–H groups in total. The largest absolute Gasteiger partial charge is 0.490 e. The zero-order valence-corrected chi connectivity index (χ0v) is 11.5. The van der Waals surface area contributed by atoms with Gasteiger partial charge >= 0.3 is 0 Å². The molecule has 0 unspecified atom stereocenters. The van der Waals surface area contributed by atoms with Gasteiger partial charge in [0.05, 0.1) is 5.69 Å². The standard InChI is InChI=1S/C13H15N3O3S/c14-11-5-1-2-6-12(11)19-9-10-20(17,18)16-13-7-3-4-8-15-13/h1-8H,9-10,14H2,(H,15,16). The number of anilines is 2. The van der Waals surface area contributed by atoms with Crippen LogP contribution in [0.3, 0.4) is 0 Å². The van der Waals surface area contributed by atoms with Gasteiger partial charge in [-0.25, -0.2) is 13.4 Å². The molecule has 0 atom stereocenters. The molecule has 2 aromatic rings. The second kappa shape index (κ2) is 6.25. The summed E-state index contributed by atoms with van der Waals surface area (Å²) in [5.74, 6) is 0.574. The Morgan fingerprint density at radius 1 is 1.15 bits per heavy atom. The number of ether oxygens (including phenoxy) is 1. The quantitative estimate of drug-likeness (QED) is 0.787. The van der Waals surface area contributed by atoms with E-state index >= 15 is 0 Å². The van der Waals surface area contributed by atoms with Crippen LogP contribution in [0.2, 0.25) is 0 Å². The molecule has 6 nitrogen and oxygen atoms in total. The van der Waals surface area contributed by atoms with E-state index in [1.165, 1.54) is 6.20 Å². The van der Waals surface area contributed by atoms with E-state index in [1.807, 2.05) is 0 Å². The number of benzene rings is 1. The van der Waals surface area contributed by atoms with Gasteiger partial charge in [0, 0.05) is 6.20 Å². The summed E-state index contributed by atoms with van der Waals surface area (Å²) in [5, 5.41) is 0. The Balaban J connectivity index is 1.89. The van der Waals surface area contributed by atoms with E-state index in [2.05, 4.69) is 9.71 Å². The Bertz CT molecular complexity index is 660. The molecule has 0 bridgehead atoms. The summed E-state index contributed by atoms with van der Waals surface area (Å²) in [7, 11) is -3.50. The maximum absolute atomic E-state index is 11.8. The zero-order chi connectivity index (χ0) is 14.4. The number of nitrogens with zero attached hydrogens (tertiary/aromatic N) is 1. The number of hydrogen-bond donors (Lipinski definition) is 2. The highest BCUT2D eigenvalue weighted by atomic mass is 32.2. The minimum atomic E-state index is -3.50. The third kappa shape index (κ3) is 4.13. The molecule has 0 fully saturated rings. The Morgan fingerprint density at radius 2 is 1.90 bits per heavy atom. The van der Waals surface area contributed by atoms with Gasteiger partial charge < -0.3 is 10.5 Å². The van der Waals surface area contributed by atoms with Crippen LogP contribution in [0.5, 0.6) is 5.75 Å². The number of pyridine rings is 1. The van der Waals surface area contributed by atoms with Crippen molar-refractivity contribution in [1.82, 2.24) is 4.98 Å². The number of nitrogen functional groups attached to an aromatic ring is 1. The molecule has 0 aliphatic rings. The molecular weight excluding hydrogens is 278 g/mol. The Labute approximate surface area is 117 Å². The molecule has 20 heavy (non-hydrogen) atoms. The van der Waals surface area contributed by atoms with Crippen LogP contribution in [0.15, 0.2) is 48.7 Å². The second-order valence-corrected chi connectivity index (χ2v) is 5.86. The first-order chi connectivity index (χ1) is 9.57. The molecule has 1 heterocycles. The van der Waals surface area contributed by atoms with Crippen molar-refractivity contribution in [3.05, 3.63) is 48.7 Å². The van der Waals surface area contributed by atoms with Gasteiger partial charge in [0.1, 0.15) is 23.9 Å². The molecule has 7 heteroatoms. The molecular formula is C13H15N3O3S. The SMILES string of the molecule is Nc1ccccc1OCCS(=O)(=O)Nc1ccccn1. The minimum Gasteiger partial charge on any atom is -0.490 e. The number of nitrogens with one attached hydrogen (secondary N) is 1. The van der Waals surface area contributed by atoms with Gasteiger partial charge in [-0.1, -0.05) is 18.2 Å². The van der Waals surface area contributed by atoms with Gasteiger partial charge in [-0.05, 0) is 24.3 Å². The maximum atomic E-state index is 11.8. The highest BCUT2D eigenvalue weighted by Crippen LogP contribution is 2.19. The van der Waals surface area contributed by atoms with E-state index in [4.69, 9.17) is 10.5 Å². The first-order valence-corrected chi connectivity index (χ1v) is 7.61. The average molecular weight is 293 g/mol. The molecule has 0 aliphatic heterocycles. The van der Waals surface area contributed by atoms with Crippen LogP contribution < -0.4 is 15.2 Å². The lowest BCUT2D eigenvalue weighted by Gasteiger charge is -2.10. The molecule has 0 saturated carbocycles. The highest BCUT2D eigenvalue weighted by Gasteiger charge is 2.11. The van der Waals surface area contributed by atoms with E-state index < -0.39 is 10.0 Å². The fraction of sp³-hybridized carbons (Fsp3) is 0.154. The van der Waals surface area contributed by atoms with E-state index in [-0.39, 0.29) is 18.2 Å². The third-order valence-electron chi connectivity index (χ3n) is 2.45. The van der Waals surface area contributed by atoms with Gasteiger partial charge in [-0.3, -0.25) is 4.72 Å². The molecule has 0 radical (unpaired) electrons. The maximum Gasteiger partial charge on any atom is 0.237 e. The van der Waals surface area contributed by atoms with E-state index in [0.29, 0.717) is 11.4 Å². The summed E-state index contributed by atoms with van der Waals surface area (Å²) in [6, 6.07) is 11.9. The van der Waals surface area contributed by atoms with Crippen LogP contribution >= 0.6 is 0 Å². The van der Waals surface area contributed by atoms with E-state index in [1.54, 1.807) is 42.5 Å². The average Bonchev–Trinajstić information content (AvgIpc) is 2.41. The Morgan fingerprint density at radius 3 is 2.60 bits per heavy atom. The van der Waals surface area contributed by atoms with Crippen LogP contribution in [-0.4, -0.2) is 25.8 Å². The lowest BCUT2D eigenvalue weighted by Crippen LogP contribution is -2.21. The smallest absolute Gasteiger partial charge is 0.237 e. The van der Waals surface area contributed by atoms with Crippen molar-refractivity contribution in [2.24, 2.45) is 0 Å². The summed E-state index contributed by atoms with van der Waals surface area (Å²) in [4.78, 5) is 3.89. The van der Waals surface area contributed by atoms with Crippen molar-refractivity contribution in [3.63, 3.8) is 0 Å². The normalized spacial score (nSPS) is 11.0. The molecule has 0 amide bonds. The van der Waals surface area contributed by atoms with Crippen LogP contribution in [0.25, 0.3) is 0 Å². The summed E-state index contributed by atoms with van der Waals surface area (Å²) in [5.41, 5.74) is 6.17. The first-order valence-electron chi connectivity index (χ1n) is 5.96. The predicted molar refractivity (Wildman–Crippen MR) is 78.0 cm³/mol. The molecule has 0 aliphatic carbocycles. The van der Waals surface area contributed by atoms with Gasteiger partial charge in [0.2, 0.25) is 10.0 Å². The van der Waals surface area contributed by atoms with Crippen molar-refractivity contribution in [1.29, 1.82) is 0 Å². The highest BCUT2D eigenvalue weighted by molar-refractivity contribution is 7.92. The molecule has 0 spiro atoms. The van der Waals surface area contributed by atoms with Crippen LogP contribution in [-0.2, 0) is 10.0 Å². The molecule has 1 aromatic carbocycles. The lowest BCUT2D eigenvalue weighted by molar-refractivity contribution is 0.343. The topological polar surface area (TPSA) is 94.3 Å². The van der Waals surface area contributed by atoms with Crippen molar-refractivity contribution in [2.45, 2.75) is 0 Å². The van der Waals surface area contributed by atoms with Crippen LogP contribution in [0.1, 0.15) is 0 Å². The summed E-state index contributed by atoms with van der Waals surface area (Å²) >= 11 is 0. The number of aromatic nitrogens is 1. The molecule has 1 aromatic heterocycles. The monoisotopic (exact) mass is 293 g/mol. The Kier molecular flexibility index (Phi) is 4.41. The van der Waals surface area contributed by atoms with Gasteiger partial charge in [-0.15, -0.1) is 0 Å². The number of hydrogen-bond acceptors (Lipinski definition) is 5. The second-order valence-electron chi connectivity index (χ2n) is 4.02. The van der Waals surface area contributed by atoms with Gasteiger partial charge in [-0.2, -0.15) is 0 Å². The summed E-state index contributed by atoms with van der Waals surface area (Å²) in [6.07, 6.45) is 1.51. The van der Waals surface area contributed by atoms with Crippen LogP contribution in [0, 0.1) is 0 Å². The summed E-state index contributed by atoms with van der Waals surface area (Å²) < 4.78 is 31.3. The Hall–Kier alpha value is -2.28. The van der Waals surface area contributed by atoms with E-state index in [0.717, 1.165) is 0 Å². The predicted octanol–water partition coefficient (Wildman–Crippen LogP) is 1.48. The summed E-state index contributed by atoms with van der Waals surface area (Å²) in [6.45, 7) is 0.0103. The number of nitrogens with two attached hydrogens (primary N) is 1. The molecule has 106 valence electrons. The molecule has 0 saturated heterocycles. The fourth-order valence-corrected chi connectivity index (χ4v) is 2.35. The lowest BCUT2D eigenvalue weighted by atomic mass is 10.3. The zero-order valence-electron chi connectivity index (χ0n) is 10.7. The van der Waals surface area contributed by atoms with Crippen molar-refractivity contribution < 1.29 is 13.2 Å². The van der Waals surface area contributed by atoms with Crippen molar-refractivity contribution >= 4 is 21.5 Å². The molecule has 2 rings (SSSR count). The number of rotatable bonds is 6. The van der Waals surface area contributed by atoms with Gasteiger partial charge in [0.15, 0.2) is 0 Å². The third-order valence-corrected chi connectivity index (χ3v) is 3.68. The van der Waals surface area contributed by atoms with Crippen molar-refractivity contribution in [2.75, 3.05) is 22.8 Å².